The fourth-order valence-corrected chi connectivity index (χ4v) is 2.49. The first-order valence-electron chi connectivity index (χ1n) is 6.67. The van der Waals surface area contributed by atoms with E-state index in [0.29, 0.717) is 17.3 Å². The molecule has 0 radical (unpaired) electrons. The molecule has 0 atom stereocenters. The van der Waals surface area contributed by atoms with E-state index in [9.17, 15) is 0 Å². The minimum Gasteiger partial charge on any atom is -0.495 e. The van der Waals surface area contributed by atoms with Gasteiger partial charge in [0, 0.05) is 23.8 Å². The Balaban J connectivity index is 1.75. The van der Waals surface area contributed by atoms with Crippen molar-refractivity contribution in [1.82, 2.24) is 4.98 Å². The van der Waals surface area contributed by atoms with E-state index in [0.717, 1.165) is 22.2 Å². The maximum atomic E-state index is 6.13. The van der Waals surface area contributed by atoms with Crippen LogP contribution in [0.2, 0.25) is 5.02 Å². The molecule has 2 aromatic carbocycles. The zero-order valence-corrected chi connectivity index (χ0v) is 12.4. The molecule has 4 heteroatoms. The molecule has 0 aliphatic rings. The van der Waals surface area contributed by atoms with Crippen molar-refractivity contribution < 1.29 is 4.74 Å². The van der Waals surface area contributed by atoms with Gasteiger partial charge in [-0.2, -0.15) is 0 Å². The summed E-state index contributed by atoms with van der Waals surface area (Å²) < 4.78 is 5.15. The Morgan fingerprint density at radius 2 is 2.05 bits per heavy atom. The lowest BCUT2D eigenvalue weighted by atomic mass is 10.2. The van der Waals surface area contributed by atoms with Crippen LogP contribution in [0, 0.1) is 0 Å². The fraction of sp³-hybridized carbons (Fsp3) is 0.118. The number of halogens is 1. The van der Waals surface area contributed by atoms with Crippen LogP contribution in [-0.2, 0) is 6.54 Å². The van der Waals surface area contributed by atoms with Gasteiger partial charge in [0.25, 0.3) is 0 Å². The van der Waals surface area contributed by atoms with E-state index in [4.69, 9.17) is 16.3 Å². The molecule has 1 aromatic heterocycles. The van der Waals surface area contributed by atoms with E-state index >= 15 is 0 Å². The molecule has 1 N–H and O–H groups in total. The van der Waals surface area contributed by atoms with E-state index in [1.54, 1.807) is 13.3 Å². The predicted molar refractivity (Wildman–Crippen MR) is 87.1 cm³/mol. The van der Waals surface area contributed by atoms with Gasteiger partial charge in [-0.05, 0) is 42.0 Å². The first-order valence-corrected chi connectivity index (χ1v) is 7.05. The molecule has 0 spiro atoms. The van der Waals surface area contributed by atoms with Gasteiger partial charge in [-0.3, -0.25) is 4.98 Å². The Bertz CT molecular complexity index is 774. The summed E-state index contributed by atoms with van der Waals surface area (Å²) in [6, 6.07) is 15.9. The first kappa shape index (κ1) is 13.7. The maximum absolute atomic E-state index is 6.13. The highest BCUT2D eigenvalue weighted by Gasteiger charge is 2.02. The Kier molecular flexibility index (Phi) is 3.93. The summed E-state index contributed by atoms with van der Waals surface area (Å²) in [6.45, 7) is 0.704. The quantitative estimate of drug-likeness (QED) is 0.769. The minimum absolute atomic E-state index is 0.625. The number of fused-ring (bicyclic) bond motifs is 1. The van der Waals surface area contributed by atoms with E-state index in [1.807, 2.05) is 36.4 Å². The average Bonchev–Trinajstić information content (AvgIpc) is 2.53. The van der Waals surface area contributed by atoms with Gasteiger partial charge in [-0.25, -0.2) is 0 Å². The van der Waals surface area contributed by atoms with Gasteiger partial charge >= 0.3 is 0 Å². The van der Waals surface area contributed by atoms with Crippen LogP contribution < -0.4 is 10.1 Å². The predicted octanol–water partition coefficient (Wildman–Crippen LogP) is 4.51. The Labute approximate surface area is 128 Å². The van der Waals surface area contributed by atoms with E-state index < -0.39 is 0 Å². The Hall–Kier alpha value is -2.26. The van der Waals surface area contributed by atoms with E-state index in [-0.39, 0.29) is 0 Å². The molecular formula is C17H15ClN2O. The van der Waals surface area contributed by atoms with Crippen LogP contribution in [0.25, 0.3) is 10.9 Å². The minimum atomic E-state index is 0.625. The number of nitrogens with zero attached hydrogens (tertiary/aromatic N) is 1. The second kappa shape index (κ2) is 6.02. The third kappa shape index (κ3) is 3.09. The van der Waals surface area contributed by atoms with Crippen LogP contribution in [0.3, 0.4) is 0 Å². The van der Waals surface area contributed by atoms with Crippen molar-refractivity contribution in [3.8, 4) is 5.75 Å². The number of pyridine rings is 1. The summed E-state index contributed by atoms with van der Waals surface area (Å²) >= 11 is 6.13. The van der Waals surface area contributed by atoms with Crippen LogP contribution in [0.5, 0.6) is 5.75 Å². The smallest absolute Gasteiger partial charge is 0.137 e. The SMILES string of the molecule is COc1ccc(CNc2ccc3ncccc3c2)cc1Cl. The van der Waals surface area contributed by atoms with Gasteiger partial charge in [-0.15, -0.1) is 0 Å². The summed E-state index contributed by atoms with van der Waals surface area (Å²) in [6.07, 6.45) is 1.80. The van der Waals surface area contributed by atoms with Gasteiger partial charge in [0.15, 0.2) is 0 Å². The topological polar surface area (TPSA) is 34.1 Å². The summed E-state index contributed by atoms with van der Waals surface area (Å²) in [5, 5.41) is 5.14. The van der Waals surface area contributed by atoms with Crippen LogP contribution in [0.15, 0.2) is 54.7 Å². The van der Waals surface area contributed by atoms with Gasteiger partial charge in [0.05, 0.1) is 17.6 Å². The van der Waals surface area contributed by atoms with Crippen molar-refractivity contribution >= 4 is 28.2 Å². The number of nitrogens with one attached hydrogen (secondary N) is 1. The summed E-state index contributed by atoms with van der Waals surface area (Å²) in [4.78, 5) is 4.31. The van der Waals surface area contributed by atoms with Crippen molar-refractivity contribution in [2.24, 2.45) is 0 Å². The van der Waals surface area contributed by atoms with Gasteiger partial charge in [-0.1, -0.05) is 23.7 Å². The van der Waals surface area contributed by atoms with Crippen molar-refractivity contribution in [2.45, 2.75) is 6.54 Å². The zero-order valence-electron chi connectivity index (χ0n) is 11.6. The number of anilines is 1. The molecule has 0 aliphatic heterocycles. The second-order valence-electron chi connectivity index (χ2n) is 4.73. The number of benzene rings is 2. The van der Waals surface area contributed by atoms with Crippen LogP contribution in [0.4, 0.5) is 5.69 Å². The average molecular weight is 299 g/mol. The number of rotatable bonds is 4. The molecule has 0 fully saturated rings. The highest BCUT2D eigenvalue weighted by molar-refractivity contribution is 6.32. The lowest BCUT2D eigenvalue weighted by molar-refractivity contribution is 0.415. The molecule has 0 saturated carbocycles. The van der Waals surface area contributed by atoms with Crippen molar-refractivity contribution in [3.63, 3.8) is 0 Å². The van der Waals surface area contributed by atoms with E-state index in [2.05, 4.69) is 22.4 Å². The molecule has 1 heterocycles. The molecule has 3 nitrogen and oxygen atoms in total. The normalized spacial score (nSPS) is 10.6. The highest BCUT2D eigenvalue weighted by Crippen LogP contribution is 2.25. The third-order valence-electron chi connectivity index (χ3n) is 3.32. The number of hydrogen-bond acceptors (Lipinski definition) is 3. The number of aromatic nitrogens is 1. The molecule has 21 heavy (non-hydrogen) atoms. The second-order valence-corrected chi connectivity index (χ2v) is 5.14. The lowest BCUT2D eigenvalue weighted by Crippen LogP contribution is -1.99. The van der Waals surface area contributed by atoms with Crippen LogP contribution >= 0.6 is 11.6 Å². The van der Waals surface area contributed by atoms with Crippen molar-refractivity contribution in [2.75, 3.05) is 12.4 Å². The standard InChI is InChI=1S/C17H15ClN2O/c1-21-17-7-4-12(9-15(17)18)11-20-14-5-6-16-13(10-14)3-2-8-19-16/h2-10,20H,11H2,1H3. The van der Waals surface area contributed by atoms with Crippen molar-refractivity contribution in [3.05, 3.63) is 65.3 Å². The Morgan fingerprint density at radius 3 is 2.86 bits per heavy atom. The van der Waals surface area contributed by atoms with Gasteiger partial charge in [0.2, 0.25) is 0 Å². The molecule has 0 bridgehead atoms. The van der Waals surface area contributed by atoms with Crippen molar-refractivity contribution in [1.29, 1.82) is 0 Å². The summed E-state index contributed by atoms with van der Waals surface area (Å²) in [5.74, 6) is 0.692. The third-order valence-corrected chi connectivity index (χ3v) is 3.61. The summed E-state index contributed by atoms with van der Waals surface area (Å²) in [5.41, 5.74) is 3.16. The first-order chi connectivity index (χ1) is 10.3. The molecule has 0 amide bonds. The Morgan fingerprint density at radius 1 is 1.14 bits per heavy atom. The largest absolute Gasteiger partial charge is 0.495 e. The molecule has 0 unspecified atom stereocenters. The number of hydrogen-bond donors (Lipinski definition) is 1. The highest BCUT2D eigenvalue weighted by atomic mass is 35.5. The van der Waals surface area contributed by atoms with Gasteiger partial charge in [0.1, 0.15) is 5.75 Å². The number of ether oxygens (including phenoxy) is 1. The molecule has 0 aliphatic carbocycles. The molecule has 3 rings (SSSR count). The molecule has 3 aromatic rings. The molecule has 106 valence electrons. The molecule has 0 saturated heterocycles. The number of methoxy groups -OCH3 is 1. The fourth-order valence-electron chi connectivity index (χ4n) is 2.21. The van der Waals surface area contributed by atoms with Crippen LogP contribution in [-0.4, -0.2) is 12.1 Å². The van der Waals surface area contributed by atoms with Gasteiger partial charge < -0.3 is 10.1 Å². The monoisotopic (exact) mass is 298 g/mol. The van der Waals surface area contributed by atoms with Crippen LogP contribution in [0.1, 0.15) is 5.56 Å². The molecular weight excluding hydrogens is 284 g/mol. The zero-order chi connectivity index (χ0) is 14.7. The van der Waals surface area contributed by atoms with E-state index in [1.165, 1.54) is 0 Å². The summed E-state index contributed by atoms with van der Waals surface area (Å²) in [7, 11) is 1.61. The maximum Gasteiger partial charge on any atom is 0.137 e. The lowest BCUT2D eigenvalue weighted by Gasteiger charge is -2.09.